The number of carbonyl (C=O) groups is 2. The number of aromatic nitrogens is 2. The topological polar surface area (TPSA) is 78.9 Å². The molecule has 8 nitrogen and oxygen atoms in total. The van der Waals surface area contributed by atoms with Gasteiger partial charge in [0.15, 0.2) is 0 Å². The molecule has 0 saturated carbocycles. The summed E-state index contributed by atoms with van der Waals surface area (Å²) < 4.78 is 5.58. The van der Waals surface area contributed by atoms with E-state index < -0.39 is 0 Å². The number of hydrogen-bond donors (Lipinski definition) is 0. The Hall–Kier alpha value is -2.78. The first-order valence-corrected chi connectivity index (χ1v) is 11.5. The smallest absolute Gasteiger partial charge is 0.277 e. The molecule has 2 amide bonds. The summed E-state index contributed by atoms with van der Waals surface area (Å²) in [6.45, 7) is 7.47. The quantitative estimate of drug-likeness (QED) is 0.459. The van der Waals surface area contributed by atoms with Gasteiger partial charge in [0.05, 0.1) is 11.7 Å². The van der Waals surface area contributed by atoms with Crippen LogP contribution in [0.15, 0.2) is 41.7 Å². The van der Waals surface area contributed by atoms with E-state index in [4.69, 9.17) is 4.74 Å². The normalized spacial score (nSPS) is 17.5. The number of hydrogen-bond acceptors (Lipinski definition) is 8. The van der Waals surface area contributed by atoms with E-state index in [-0.39, 0.29) is 17.9 Å². The Labute approximate surface area is 186 Å². The van der Waals surface area contributed by atoms with E-state index in [1.54, 1.807) is 18.5 Å². The molecule has 0 atom stereocenters. The number of carbonyl (C=O) groups excluding carboxylic acids is 2. The summed E-state index contributed by atoms with van der Waals surface area (Å²) in [6.07, 6.45) is 4.21. The molecule has 0 radical (unpaired) electrons. The summed E-state index contributed by atoms with van der Waals surface area (Å²) in [5, 5.41) is 1.93. The van der Waals surface area contributed by atoms with Gasteiger partial charge in [0.25, 0.3) is 11.8 Å². The molecule has 2 aromatic rings. The monoisotopic (exact) mass is 441 g/mol. The lowest BCUT2D eigenvalue weighted by Crippen LogP contribution is -2.48. The molecule has 9 heteroatoms. The highest BCUT2D eigenvalue weighted by Gasteiger charge is 2.42. The second kappa shape index (κ2) is 9.57. The molecule has 2 aromatic heterocycles. The van der Waals surface area contributed by atoms with Crippen LogP contribution < -0.4 is 4.90 Å². The molecular formula is C22H27N5O3S. The highest BCUT2D eigenvalue weighted by molar-refractivity contribution is 7.11. The molecule has 2 aliphatic rings. The third-order valence-electron chi connectivity index (χ3n) is 5.32. The summed E-state index contributed by atoms with van der Waals surface area (Å²) in [5.41, 5.74) is 1.04. The van der Waals surface area contributed by atoms with Crippen molar-refractivity contribution < 1.29 is 14.3 Å². The zero-order valence-corrected chi connectivity index (χ0v) is 18.7. The predicted molar refractivity (Wildman–Crippen MR) is 119 cm³/mol. The van der Waals surface area contributed by atoms with Crippen molar-refractivity contribution in [2.45, 2.75) is 26.4 Å². The third kappa shape index (κ3) is 4.62. The van der Waals surface area contributed by atoms with Crippen molar-refractivity contribution >= 4 is 34.7 Å². The second-order valence-corrected chi connectivity index (χ2v) is 8.71. The fourth-order valence-electron chi connectivity index (χ4n) is 3.83. The lowest BCUT2D eigenvalue weighted by atomic mass is 10.1. The Kier molecular flexibility index (Phi) is 6.62. The highest BCUT2D eigenvalue weighted by atomic mass is 32.1. The van der Waals surface area contributed by atoms with Crippen LogP contribution >= 0.6 is 11.3 Å². The average molecular weight is 442 g/mol. The van der Waals surface area contributed by atoms with E-state index in [0.717, 1.165) is 4.88 Å². The van der Waals surface area contributed by atoms with E-state index in [0.29, 0.717) is 63.0 Å². The van der Waals surface area contributed by atoms with Crippen molar-refractivity contribution in [1.29, 1.82) is 0 Å². The van der Waals surface area contributed by atoms with Crippen LogP contribution in [0.4, 0.5) is 5.95 Å². The number of anilines is 1. The Morgan fingerprint density at radius 3 is 2.39 bits per heavy atom. The Bertz CT molecular complexity index is 937. The summed E-state index contributed by atoms with van der Waals surface area (Å²) in [6, 6.07) is 5.61. The summed E-state index contributed by atoms with van der Waals surface area (Å²) in [4.78, 5) is 41.6. The van der Waals surface area contributed by atoms with Crippen molar-refractivity contribution in [3.05, 3.63) is 46.5 Å². The maximum atomic E-state index is 13.3. The molecule has 2 aliphatic heterocycles. The van der Waals surface area contributed by atoms with Gasteiger partial charge >= 0.3 is 0 Å². The minimum Gasteiger partial charge on any atom is -0.379 e. The van der Waals surface area contributed by atoms with Crippen LogP contribution in [-0.4, -0.2) is 77.0 Å². The Morgan fingerprint density at radius 1 is 1.03 bits per heavy atom. The van der Waals surface area contributed by atoms with Gasteiger partial charge in [0.1, 0.15) is 5.70 Å². The summed E-state index contributed by atoms with van der Waals surface area (Å²) in [7, 11) is 0. The van der Waals surface area contributed by atoms with Gasteiger partial charge in [-0.25, -0.2) is 9.97 Å². The van der Waals surface area contributed by atoms with E-state index in [1.807, 2.05) is 36.3 Å². The van der Waals surface area contributed by atoms with Crippen molar-refractivity contribution in [2.24, 2.45) is 0 Å². The van der Waals surface area contributed by atoms with Gasteiger partial charge in [0, 0.05) is 56.6 Å². The lowest BCUT2D eigenvalue weighted by molar-refractivity contribution is -0.137. The minimum atomic E-state index is -0.208. The second-order valence-electron chi connectivity index (χ2n) is 7.76. The SMILES string of the molecule is CC(C)OCCCN1C(=O)C(c2cccs2)=C(N2CCN(c3ncccn3)CC2)C1=O. The van der Waals surface area contributed by atoms with Crippen LogP contribution in [-0.2, 0) is 14.3 Å². The lowest BCUT2D eigenvalue weighted by Gasteiger charge is -2.36. The molecule has 31 heavy (non-hydrogen) atoms. The van der Waals surface area contributed by atoms with Crippen molar-refractivity contribution in [3.8, 4) is 0 Å². The van der Waals surface area contributed by atoms with Crippen molar-refractivity contribution in [2.75, 3.05) is 44.2 Å². The molecule has 1 saturated heterocycles. The Morgan fingerprint density at radius 2 is 1.74 bits per heavy atom. The Balaban J connectivity index is 1.51. The highest BCUT2D eigenvalue weighted by Crippen LogP contribution is 2.34. The zero-order valence-electron chi connectivity index (χ0n) is 17.9. The van der Waals surface area contributed by atoms with Gasteiger partial charge in [-0.05, 0) is 37.8 Å². The van der Waals surface area contributed by atoms with Crippen molar-refractivity contribution in [3.63, 3.8) is 0 Å². The van der Waals surface area contributed by atoms with Gasteiger partial charge in [-0.2, -0.15) is 0 Å². The van der Waals surface area contributed by atoms with Crippen LogP contribution in [0, 0.1) is 0 Å². The first-order valence-electron chi connectivity index (χ1n) is 10.6. The van der Waals surface area contributed by atoms with Crippen LogP contribution in [0.1, 0.15) is 25.1 Å². The molecule has 4 rings (SSSR count). The van der Waals surface area contributed by atoms with E-state index in [9.17, 15) is 9.59 Å². The molecule has 0 bridgehead atoms. The van der Waals surface area contributed by atoms with E-state index >= 15 is 0 Å². The van der Waals surface area contributed by atoms with E-state index in [2.05, 4.69) is 14.9 Å². The fourth-order valence-corrected chi connectivity index (χ4v) is 4.59. The predicted octanol–water partition coefficient (Wildman–Crippen LogP) is 2.26. The number of piperazine rings is 1. The van der Waals surface area contributed by atoms with Gasteiger partial charge in [-0.15, -0.1) is 11.3 Å². The fraction of sp³-hybridized carbons (Fsp3) is 0.455. The summed E-state index contributed by atoms with van der Waals surface area (Å²) >= 11 is 1.49. The van der Waals surface area contributed by atoms with Crippen molar-refractivity contribution in [1.82, 2.24) is 19.8 Å². The molecule has 4 heterocycles. The third-order valence-corrected chi connectivity index (χ3v) is 6.21. The van der Waals surface area contributed by atoms with Crippen LogP contribution in [0.25, 0.3) is 5.57 Å². The number of rotatable bonds is 8. The van der Waals surface area contributed by atoms with Crippen LogP contribution in [0.2, 0.25) is 0 Å². The molecule has 0 aliphatic carbocycles. The van der Waals surface area contributed by atoms with Gasteiger partial charge in [-0.1, -0.05) is 6.07 Å². The first kappa shape index (κ1) is 21.5. The van der Waals surface area contributed by atoms with Gasteiger partial charge in [-0.3, -0.25) is 14.5 Å². The van der Waals surface area contributed by atoms with Gasteiger partial charge < -0.3 is 14.5 Å². The maximum absolute atomic E-state index is 13.3. The number of amides is 2. The van der Waals surface area contributed by atoms with E-state index in [1.165, 1.54) is 16.2 Å². The minimum absolute atomic E-state index is 0.130. The number of thiophene rings is 1. The molecule has 1 fully saturated rings. The van der Waals surface area contributed by atoms with Crippen LogP contribution in [0.5, 0.6) is 0 Å². The van der Waals surface area contributed by atoms with Crippen LogP contribution in [0.3, 0.4) is 0 Å². The molecule has 0 spiro atoms. The molecule has 164 valence electrons. The largest absolute Gasteiger partial charge is 0.379 e. The summed E-state index contributed by atoms with van der Waals surface area (Å²) in [5.74, 6) is 0.276. The molecule has 0 unspecified atom stereocenters. The molecule has 0 aromatic carbocycles. The zero-order chi connectivity index (χ0) is 21.8. The molecule has 0 N–H and O–H groups in total. The first-order chi connectivity index (χ1) is 15.1. The number of imide groups is 1. The maximum Gasteiger partial charge on any atom is 0.277 e. The number of ether oxygens (including phenoxy) is 1. The molecular weight excluding hydrogens is 414 g/mol. The number of nitrogens with zero attached hydrogens (tertiary/aromatic N) is 5. The van der Waals surface area contributed by atoms with Gasteiger partial charge in [0.2, 0.25) is 5.95 Å². The average Bonchev–Trinajstić information content (AvgIpc) is 3.39. The standard InChI is InChI=1S/C22H27N5O3S/c1-16(2)30-14-5-9-27-20(28)18(17-6-3-15-31-17)19(21(27)29)25-10-12-26(13-11-25)22-23-7-4-8-24-22/h3-4,6-8,15-16H,5,9-14H2,1-2H3.